The number of benzene rings is 1. The highest BCUT2D eigenvalue weighted by Crippen LogP contribution is 2.17. The van der Waals surface area contributed by atoms with Gasteiger partial charge in [-0.25, -0.2) is 0 Å². The van der Waals surface area contributed by atoms with Crippen molar-refractivity contribution in [2.75, 3.05) is 24.7 Å². The summed E-state index contributed by atoms with van der Waals surface area (Å²) in [6.07, 6.45) is 0.193. The van der Waals surface area contributed by atoms with Gasteiger partial charge in [0.05, 0.1) is 24.9 Å². The van der Waals surface area contributed by atoms with Gasteiger partial charge in [0.25, 0.3) is 0 Å². The second kappa shape index (κ2) is 8.81. The second-order valence-corrected chi connectivity index (χ2v) is 4.87. The number of hydrogen-bond acceptors (Lipinski definition) is 5. The number of nitrogens with zero attached hydrogens (tertiary/aromatic N) is 1. The van der Waals surface area contributed by atoms with Crippen LogP contribution in [0.15, 0.2) is 24.3 Å². The third kappa shape index (κ3) is 5.41. The molecule has 0 aromatic heterocycles. The molecule has 0 aliphatic carbocycles. The van der Waals surface area contributed by atoms with Gasteiger partial charge in [0, 0.05) is 5.75 Å². The summed E-state index contributed by atoms with van der Waals surface area (Å²) in [6.45, 7) is 0.347. The van der Waals surface area contributed by atoms with E-state index in [2.05, 4.69) is 6.07 Å². The van der Waals surface area contributed by atoms with E-state index in [-0.39, 0.29) is 6.61 Å². The number of aliphatic hydroxyl groups excluding tert-OH is 2. The Morgan fingerprint density at radius 2 is 2.17 bits per heavy atom. The van der Waals surface area contributed by atoms with Crippen molar-refractivity contribution in [3.63, 3.8) is 0 Å². The summed E-state index contributed by atoms with van der Waals surface area (Å²) in [7, 11) is 0. The van der Waals surface area contributed by atoms with Gasteiger partial charge in [0.2, 0.25) is 0 Å². The number of nitriles is 1. The fourth-order valence-electron chi connectivity index (χ4n) is 1.30. The highest BCUT2D eigenvalue weighted by Gasteiger charge is 2.03. The molecule has 0 spiro atoms. The van der Waals surface area contributed by atoms with Gasteiger partial charge in [-0.15, -0.1) is 0 Å². The smallest absolute Gasteiger partial charge is 0.137 e. The van der Waals surface area contributed by atoms with Crippen molar-refractivity contribution >= 4 is 11.8 Å². The zero-order valence-electron chi connectivity index (χ0n) is 10.1. The average Bonchev–Trinajstić information content (AvgIpc) is 2.42. The lowest BCUT2D eigenvalue weighted by Crippen LogP contribution is -2.15. The largest absolute Gasteiger partial charge is 0.492 e. The van der Waals surface area contributed by atoms with Crippen molar-refractivity contribution < 1.29 is 14.9 Å². The number of thioether (sulfide) groups is 1. The van der Waals surface area contributed by atoms with Crippen molar-refractivity contribution in [1.29, 1.82) is 5.26 Å². The van der Waals surface area contributed by atoms with Crippen molar-refractivity contribution in [2.24, 2.45) is 0 Å². The first-order valence-electron chi connectivity index (χ1n) is 5.76. The van der Waals surface area contributed by atoms with E-state index >= 15 is 0 Å². The molecule has 1 aromatic carbocycles. The summed E-state index contributed by atoms with van der Waals surface area (Å²) in [5.74, 6) is 2.00. The zero-order valence-corrected chi connectivity index (χ0v) is 10.9. The molecule has 1 unspecified atom stereocenters. The Balaban J connectivity index is 2.16. The molecule has 1 atom stereocenters. The second-order valence-electron chi connectivity index (χ2n) is 3.72. The third-order valence-corrected chi connectivity index (χ3v) is 3.42. The van der Waals surface area contributed by atoms with E-state index in [9.17, 15) is 0 Å². The number of para-hydroxylation sites is 1. The van der Waals surface area contributed by atoms with E-state index in [4.69, 9.17) is 20.2 Å². The molecule has 0 heterocycles. The number of aliphatic hydroxyl groups is 2. The van der Waals surface area contributed by atoms with Crippen LogP contribution >= 0.6 is 11.8 Å². The first kappa shape index (κ1) is 14.8. The Morgan fingerprint density at radius 1 is 1.39 bits per heavy atom. The van der Waals surface area contributed by atoms with Crippen LogP contribution in [0.4, 0.5) is 0 Å². The molecule has 1 rings (SSSR count). The fourth-order valence-corrected chi connectivity index (χ4v) is 2.17. The fraction of sp³-hybridized carbons (Fsp3) is 0.462. The SMILES string of the molecule is N#Cc1ccccc1OCCCSCC(O)CO. The summed E-state index contributed by atoms with van der Waals surface area (Å²) in [5, 5.41) is 26.6. The maximum absolute atomic E-state index is 9.12. The monoisotopic (exact) mass is 267 g/mol. The van der Waals surface area contributed by atoms with Gasteiger partial charge in [0.15, 0.2) is 0 Å². The van der Waals surface area contributed by atoms with Crippen LogP contribution in [0.25, 0.3) is 0 Å². The molecular formula is C13H17NO3S. The highest BCUT2D eigenvalue weighted by atomic mass is 32.2. The lowest BCUT2D eigenvalue weighted by atomic mass is 10.2. The van der Waals surface area contributed by atoms with Crippen LogP contribution in [0.3, 0.4) is 0 Å². The molecule has 2 N–H and O–H groups in total. The van der Waals surface area contributed by atoms with E-state index in [1.54, 1.807) is 30.0 Å². The first-order valence-corrected chi connectivity index (χ1v) is 6.92. The summed E-state index contributed by atoms with van der Waals surface area (Å²) in [4.78, 5) is 0. The molecule has 0 radical (unpaired) electrons. The van der Waals surface area contributed by atoms with Gasteiger partial charge < -0.3 is 14.9 Å². The van der Waals surface area contributed by atoms with Crippen LogP contribution in [-0.4, -0.2) is 41.0 Å². The Labute approximate surface area is 111 Å². The van der Waals surface area contributed by atoms with Crippen LogP contribution in [0, 0.1) is 11.3 Å². The van der Waals surface area contributed by atoms with Gasteiger partial charge in [-0.2, -0.15) is 17.0 Å². The van der Waals surface area contributed by atoms with Gasteiger partial charge in [-0.05, 0) is 24.3 Å². The van der Waals surface area contributed by atoms with Crippen molar-refractivity contribution in [3.05, 3.63) is 29.8 Å². The Kier molecular flexibility index (Phi) is 7.26. The summed E-state index contributed by atoms with van der Waals surface area (Å²) < 4.78 is 5.51. The van der Waals surface area contributed by atoms with E-state index in [1.807, 2.05) is 6.07 Å². The van der Waals surface area contributed by atoms with Crippen molar-refractivity contribution in [1.82, 2.24) is 0 Å². The average molecular weight is 267 g/mol. The molecule has 0 saturated carbocycles. The van der Waals surface area contributed by atoms with Crippen LogP contribution in [0.2, 0.25) is 0 Å². The summed E-state index contributed by atoms with van der Waals surface area (Å²) in [5.41, 5.74) is 0.542. The van der Waals surface area contributed by atoms with Gasteiger partial charge in [0.1, 0.15) is 11.8 Å². The molecule has 0 aliphatic heterocycles. The van der Waals surface area contributed by atoms with Crippen LogP contribution in [0.1, 0.15) is 12.0 Å². The van der Waals surface area contributed by atoms with Gasteiger partial charge in [-0.3, -0.25) is 0 Å². The van der Waals surface area contributed by atoms with Gasteiger partial charge in [-0.1, -0.05) is 12.1 Å². The Morgan fingerprint density at radius 3 is 2.89 bits per heavy atom. The third-order valence-electron chi connectivity index (χ3n) is 2.22. The lowest BCUT2D eigenvalue weighted by Gasteiger charge is -2.08. The molecule has 18 heavy (non-hydrogen) atoms. The highest BCUT2D eigenvalue weighted by molar-refractivity contribution is 7.99. The minimum atomic E-state index is -0.643. The molecule has 98 valence electrons. The normalized spacial score (nSPS) is 11.8. The zero-order chi connectivity index (χ0) is 13.2. The van der Waals surface area contributed by atoms with Crippen molar-refractivity contribution in [2.45, 2.75) is 12.5 Å². The topological polar surface area (TPSA) is 73.5 Å². The van der Waals surface area contributed by atoms with E-state index in [0.717, 1.165) is 12.2 Å². The summed E-state index contributed by atoms with van der Waals surface area (Å²) >= 11 is 1.58. The molecule has 4 nitrogen and oxygen atoms in total. The molecule has 0 fully saturated rings. The number of rotatable bonds is 8. The quantitative estimate of drug-likeness (QED) is 0.697. The predicted octanol–water partition coefficient (Wildman–Crippen LogP) is 1.41. The molecule has 0 amide bonds. The molecular weight excluding hydrogens is 250 g/mol. The maximum Gasteiger partial charge on any atom is 0.137 e. The van der Waals surface area contributed by atoms with Crippen LogP contribution in [-0.2, 0) is 0 Å². The van der Waals surface area contributed by atoms with Crippen LogP contribution in [0.5, 0.6) is 5.75 Å². The molecule has 1 aromatic rings. The minimum Gasteiger partial charge on any atom is -0.492 e. The first-order chi connectivity index (χ1) is 8.77. The lowest BCUT2D eigenvalue weighted by molar-refractivity contribution is 0.113. The van der Waals surface area contributed by atoms with E-state index < -0.39 is 6.10 Å². The standard InChI is InChI=1S/C13H17NO3S/c14-8-11-4-1-2-5-13(11)17-6-3-7-18-10-12(16)9-15/h1-2,4-5,12,15-16H,3,6-7,9-10H2. The maximum atomic E-state index is 9.12. The van der Waals surface area contributed by atoms with E-state index in [0.29, 0.717) is 23.7 Å². The van der Waals surface area contributed by atoms with E-state index in [1.165, 1.54) is 0 Å². The number of hydrogen-bond donors (Lipinski definition) is 2. The Hall–Kier alpha value is -1.22. The van der Waals surface area contributed by atoms with Gasteiger partial charge >= 0.3 is 0 Å². The van der Waals surface area contributed by atoms with Crippen molar-refractivity contribution in [3.8, 4) is 11.8 Å². The number of ether oxygens (including phenoxy) is 1. The summed E-state index contributed by atoms with van der Waals surface area (Å²) in [6, 6.07) is 9.22. The predicted molar refractivity (Wildman–Crippen MR) is 71.7 cm³/mol. The molecule has 0 bridgehead atoms. The molecule has 5 heteroatoms. The van der Waals surface area contributed by atoms with Crippen LogP contribution < -0.4 is 4.74 Å². The Bertz CT molecular complexity index is 392. The molecule has 0 aliphatic rings. The minimum absolute atomic E-state index is 0.195. The molecule has 0 saturated heterocycles.